The summed E-state index contributed by atoms with van der Waals surface area (Å²) in [5, 5.41) is 14.3. The number of hydrogen-bond acceptors (Lipinski definition) is 8. The van der Waals surface area contributed by atoms with Crippen molar-refractivity contribution in [3.63, 3.8) is 0 Å². The van der Waals surface area contributed by atoms with Crippen LogP contribution in [-0.4, -0.2) is 55.1 Å². The van der Waals surface area contributed by atoms with Crippen molar-refractivity contribution in [3.05, 3.63) is 72.2 Å². The molecule has 0 aliphatic rings. The number of tetrazole rings is 1. The van der Waals surface area contributed by atoms with Gasteiger partial charge >= 0.3 is 5.97 Å². The van der Waals surface area contributed by atoms with Gasteiger partial charge in [0, 0.05) is 30.1 Å². The molecule has 0 unspecified atom stereocenters. The molecule has 5 aromatic rings. The first-order valence-corrected chi connectivity index (χ1v) is 10.7. The standard InChI is InChI=1S/C24H22N8O2/c1-4-16-13-21(32-20(23(33)34-3)14-25-24(32)26-16)31(2)17-11-9-15(10-12-17)18-7-5-6-8-19(18)22-27-29-30-28-22/h5-14H,4H2,1-3H3,(H,27,28,29,30). The Morgan fingerprint density at radius 3 is 2.56 bits per heavy atom. The van der Waals surface area contributed by atoms with Gasteiger partial charge in [-0.25, -0.2) is 19.9 Å². The first-order valence-electron chi connectivity index (χ1n) is 10.7. The molecule has 0 aliphatic heterocycles. The highest BCUT2D eigenvalue weighted by Gasteiger charge is 2.20. The Bertz CT molecular complexity index is 1460. The smallest absolute Gasteiger partial charge is 0.356 e. The van der Waals surface area contributed by atoms with E-state index in [4.69, 9.17) is 4.74 Å². The van der Waals surface area contributed by atoms with Crippen LogP contribution in [0.4, 0.5) is 11.5 Å². The summed E-state index contributed by atoms with van der Waals surface area (Å²) in [6.45, 7) is 2.03. The number of hydrogen-bond donors (Lipinski definition) is 1. The van der Waals surface area contributed by atoms with E-state index in [0.29, 0.717) is 17.3 Å². The van der Waals surface area contributed by atoms with E-state index in [1.807, 2.05) is 73.5 Å². The van der Waals surface area contributed by atoms with Crippen molar-refractivity contribution in [3.8, 4) is 22.5 Å². The molecular weight excluding hydrogens is 432 g/mol. The average Bonchev–Trinajstić information content (AvgIpc) is 3.58. The SMILES string of the molecule is CCc1cc(N(C)c2ccc(-c3ccccc3-c3nnn[nH]3)cc2)n2c(C(=O)OC)cnc2n1. The Balaban J connectivity index is 1.56. The van der Waals surface area contributed by atoms with E-state index < -0.39 is 5.97 Å². The summed E-state index contributed by atoms with van der Waals surface area (Å²) in [6.07, 6.45) is 2.23. The number of esters is 1. The van der Waals surface area contributed by atoms with Crippen LogP contribution < -0.4 is 4.90 Å². The number of carbonyl (C=O) groups is 1. The number of imidazole rings is 1. The summed E-state index contributed by atoms with van der Waals surface area (Å²) in [5.74, 6) is 1.36. The molecule has 0 atom stereocenters. The fourth-order valence-electron chi connectivity index (χ4n) is 3.91. The fraction of sp³-hybridized carbons (Fsp3) is 0.167. The van der Waals surface area contributed by atoms with E-state index >= 15 is 0 Å². The van der Waals surface area contributed by atoms with Gasteiger partial charge in [0.1, 0.15) is 5.82 Å². The second-order valence-corrected chi connectivity index (χ2v) is 7.63. The maximum atomic E-state index is 12.3. The number of aromatic nitrogens is 7. The second kappa shape index (κ2) is 8.74. The Hall–Kier alpha value is -4.60. The van der Waals surface area contributed by atoms with Gasteiger partial charge in [0.25, 0.3) is 0 Å². The molecule has 5 rings (SSSR count). The highest BCUT2D eigenvalue weighted by atomic mass is 16.5. The van der Waals surface area contributed by atoms with Crippen LogP contribution in [0.5, 0.6) is 0 Å². The molecule has 0 saturated heterocycles. The van der Waals surface area contributed by atoms with Crippen LogP contribution in [0.25, 0.3) is 28.3 Å². The van der Waals surface area contributed by atoms with Gasteiger partial charge in [-0.3, -0.25) is 4.40 Å². The van der Waals surface area contributed by atoms with Crippen LogP contribution in [-0.2, 0) is 11.2 Å². The number of nitrogens with one attached hydrogen (secondary N) is 1. The number of ether oxygens (including phenoxy) is 1. The molecule has 170 valence electrons. The Labute approximate surface area is 195 Å². The molecular formula is C24H22N8O2. The molecule has 1 N–H and O–H groups in total. The van der Waals surface area contributed by atoms with E-state index in [9.17, 15) is 4.79 Å². The minimum absolute atomic E-state index is 0.320. The van der Waals surface area contributed by atoms with Crippen molar-refractivity contribution in [2.45, 2.75) is 13.3 Å². The van der Waals surface area contributed by atoms with E-state index in [1.165, 1.54) is 13.3 Å². The largest absolute Gasteiger partial charge is 0.464 e. The Morgan fingerprint density at radius 2 is 1.88 bits per heavy atom. The van der Waals surface area contributed by atoms with Gasteiger partial charge in [-0.2, -0.15) is 0 Å². The zero-order valence-electron chi connectivity index (χ0n) is 18.9. The molecule has 0 fully saturated rings. The Kier molecular flexibility index (Phi) is 5.46. The second-order valence-electron chi connectivity index (χ2n) is 7.63. The number of nitrogens with zero attached hydrogens (tertiary/aromatic N) is 7. The Morgan fingerprint density at radius 1 is 1.12 bits per heavy atom. The zero-order chi connectivity index (χ0) is 23.7. The topological polar surface area (TPSA) is 114 Å². The summed E-state index contributed by atoms with van der Waals surface area (Å²) >= 11 is 0. The summed E-state index contributed by atoms with van der Waals surface area (Å²) in [7, 11) is 3.29. The lowest BCUT2D eigenvalue weighted by atomic mass is 9.99. The molecule has 34 heavy (non-hydrogen) atoms. The van der Waals surface area contributed by atoms with Gasteiger partial charge in [-0.1, -0.05) is 43.3 Å². The molecule has 3 heterocycles. The van der Waals surface area contributed by atoms with Crippen molar-refractivity contribution in [1.29, 1.82) is 0 Å². The first-order chi connectivity index (χ1) is 16.6. The minimum atomic E-state index is -0.470. The molecule has 0 radical (unpaired) electrons. The van der Waals surface area contributed by atoms with Crippen LogP contribution in [0.1, 0.15) is 23.1 Å². The van der Waals surface area contributed by atoms with Crippen molar-refractivity contribution < 1.29 is 9.53 Å². The molecule has 2 aromatic carbocycles. The third-order valence-corrected chi connectivity index (χ3v) is 5.71. The fourth-order valence-corrected chi connectivity index (χ4v) is 3.91. The number of methoxy groups -OCH3 is 1. The number of carbonyl (C=O) groups excluding carboxylic acids is 1. The van der Waals surface area contributed by atoms with Crippen LogP contribution in [0.3, 0.4) is 0 Å². The van der Waals surface area contributed by atoms with Gasteiger partial charge in [0.15, 0.2) is 11.5 Å². The molecule has 0 bridgehead atoms. The lowest BCUT2D eigenvalue weighted by molar-refractivity contribution is 0.0593. The number of aromatic amines is 1. The number of rotatable bonds is 6. The molecule has 3 aromatic heterocycles. The summed E-state index contributed by atoms with van der Waals surface area (Å²) in [6, 6.07) is 18.0. The van der Waals surface area contributed by atoms with Crippen molar-refractivity contribution in [2.75, 3.05) is 19.1 Å². The number of anilines is 2. The van der Waals surface area contributed by atoms with Gasteiger partial charge < -0.3 is 9.64 Å². The molecule has 0 saturated carbocycles. The van der Waals surface area contributed by atoms with Gasteiger partial charge in [-0.15, -0.1) is 5.10 Å². The third kappa shape index (κ3) is 3.64. The van der Waals surface area contributed by atoms with E-state index in [-0.39, 0.29) is 0 Å². The minimum Gasteiger partial charge on any atom is -0.464 e. The highest BCUT2D eigenvalue weighted by Crippen LogP contribution is 2.32. The lowest BCUT2D eigenvalue weighted by Gasteiger charge is -2.22. The normalized spacial score (nSPS) is 11.0. The number of H-pyrrole nitrogens is 1. The summed E-state index contributed by atoms with van der Waals surface area (Å²) in [4.78, 5) is 23.2. The van der Waals surface area contributed by atoms with Crippen molar-refractivity contribution in [1.82, 2.24) is 35.0 Å². The zero-order valence-corrected chi connectivity index (χ0v) is 18.9. The van der Waals surface area contributed by atoms with Gasteiger partial charge in [-0.05, 0) is 40.1 Å². The van der Waals surface area contributed by atoms with Crippen molar-refractivity contribution >= 4 is 23.3 Å². The predicted octanol–water partition coefficient (Wildman–Crippen LogP) is 3.69. The molecule has 10 heteroatoms. The maximum absolute atomic E-state index is 12.3. The van der Waals surface area contributed by atoms with Crippen LogP contribution in [0.15, 0.2) is 60.8 Å². The van der Waals surface area contributed by atoms with Crippen LogP contribution in [0.2, 0.25) is 0 Å². The number of fused-ring (bicyclic) bond motifs is 1. The monoisotopic (exact) mass is 454 g/mol. The molecule has 0 amide bonds. The number of aryl methyl sites for hydroxylation is 1. The maximum Gasteiger partial charge on any atom is 0.356 e. The summed E-state index contributed by atoms with van der Waals surface area (Å²) < 4.78 is 6.66. The number of benzene rings is 2. The lowest BCUT2D eigenvalue weighted by Crippen LogP contribution is -2.17. The molecule has 10 nitrogen and oxygen atoms in total. The highest BCUT2D eigenvalue weighted by molar-refractivity contribution is 5.89. The summed E-state index contributed by atoms with van der Waals surface area (Å²) in [5.41, 5.74) is 5.08. The quantitative estimate of drug-likeness (QED) is 0.386. The molecule has 0 aliphatic carbocycles. The predicted molar refractivity (Wildman–Crippen MR) is 127 cm³/mol. The van der Waals surface area contributed by atoms with Gasteiger partial charge in [0.2, 0.25) is 5.78 Å². The van der Waals surface area contributed by atoms with E-state index in [2.05, 4.69) is 30.6 Å². The average molecular weight is 454 g/mol. The van der Waals surface area contributed by atoms with E-state index in [0.717, 1.165) is 40.3 Å². The van der Waals surface area contributed by atoms with E-state index in [1.54, 1.807) is 4.40 Å². The first kappa shape index (κ1) is 21.3. The third-order valence-electron chi connectivity index (χ3n) is 5.71. The van der Waals surface area contributed by atoms with Crippen molar-refractivity contribution in [2.24, 2.45) is 0 Å². The molecule has 0 spiro atoms. The van der Waals surface area contributed by atoms with Crippen LogP contribution in [0, 0.1) is 0 Å². The van der Waals surface area contributed by atoms with Gasteiger partial charge in [0.05, 0.1) is 13.3 Å². The van der Waals surface area contributed by atoms with Crippen LogP contribution >= 0.6 is 0 Å².